The van der Waals surface area contributed by atoms with E-state index in [2.05, 4.69) is 12.2 Å². The summed E-state index contributed by atoms with van der Waals surface area (Å²) >= 11 is 0. The summed E-state index contributed by atoms with van der Waals surface area (Å²) in [6.45, 7) is 6.51. The van der Waals surface area contributed by atoms with E-state index in [0.717, 1.165) is 13.0 Å². The second-order valence-electron chi connectivity index (χ2n) is 8.00. The van der Waals surface area contributed by atoms with Crippen molar-refractivity contribution in [2.75, 3.05) is 13.1 Å². The topological polar surface area (TPSA) is 91.2 Å². The fourth-order valence-electron chi connectivity index (χ4n) is 3.32. The lowest BCUT2D eigenvalue weighted by atomic mass is 10.1. The van der Waals surface area contributed by atoms with Gasteiger partial charge in [-0.25, -0.2) is 0 Å². The summed E-state index contributed by atoms with van der Waals surface area (Å²) in [5.74, 6) is -1.32. The second-order valence-corrected chi connectivity index (χ2v) is 8.00. The maximum Gasteiger partial charge on any atom is 0.164 e. The van der Waals surface area contributed by atoms with Crippen LogP contribution in [0.25, 0.3) is 0 Å². The second kappa shape index (κ2) is 13.0. The zero-order chi connectivity index (χ0) is 19.4. The van der Waals surface area contributed by atoms with Crippen molar-refractivity contribution < 1.29 is 24.8 Å². The summed E-state index contributed by atoms with van der Waals surface area (Å²) < 4.78 is 10.8. The maximum atomic E-state index is 10.2. The van der Waals surface area contributed by atoms with Gasteiger partial charge >= 0.3 is 0 Å². The van der Waals surface area contributed by atoms with Gasteiger partial charge in [-0.3, -0.25) is 0 Å². The molecule has 1 heterocycles. The number of hydrogen-bond donors (Lipinski definition) is 4. The molecule has 0 radical (unpaired) electrons. The molecule has 4 N–H and O–H groups in total. The summed E-state index contributed by atoms with van der Waals surface area (Å²) in [5, 5.41) is 33.1. The number of aliphatic hydroxyl groups excluding tert-OH is 2. The first-order valence-corrected chi connectivity index (χ1v) is 10.5. The van der Waals surface area contributed by atoms with Gasteiger partial charge in [0, 0.05) is 13.0 Å². The van der Waals surface area contributed by atoms with Crippen molar-refractivity contribution in [3.05, 3.63) is 0 Å². The van der Waals surface area contributed by atoms with Crippen LogP contribution in [0.5, 0.6) is 0 Å². The minimum Gasteiger partial charge on any atom is -0.390 e. The van der Waals surface area contributed by atoms with Gasteiger partial charge in [-0.2, -0.15) is 0 Å². The predicted molar refractivity (Wildman–Crippen MR) is 103 cm³/mol. The average Bonchev–Trinajstić information content (AvgIpc) is 2.90. The lowest BCUT2D eigenvalue weighted by Gasteiger charge is -2.24. The molecule has 0 aromatic carbocycles. The van der Waals surface area contributed by atoms with E-state index in [9.17, 15) is 15.3 Å². The van der Waals surface area contributed by atoms with Crippen LogP contribution in [0.15, 0.2) is 0 Å². The molecule has 26 heavy (non-hydrogen) atoms. The molecular formula is C20H41NO5. The van der Waals surface area contributed by atoms with Gasteiger partial charge in [-0.05, 0) is 26.8 Å². The number of hydrogen-bond acceptors (Lipinski definition) is 6. The van der Waals surface area contributed by atoms with Crippen LogP contribution in [0.4, 0.5) is 0 Å². The van der Waals surface area contributed by atoms with Crippen LogP contribution >= 0.6 is 0 Å². The summed E-state index contributed by atoms with van der Waals surface area (Å²) in [4.78, 5) is 0. The SMILES string of the molecule is CCCCCCCCCCCNC[C@@H](O)C1O[C@H](OC(C)(C)O)C[C@H]1O. The first-order chi connectivity index (χ1) is 12.3. The van der Waals surface area contributed by atoms with E-state index in [1.165, 1.54) is 65.2 Å². The maximum absolute atomic E-state index is 10.2. The van der Waals surface area contributed by atoms with Crippen LogP contribution in [-0.2, 0) is 9.47 Å². The fourth-order valence-corrected chi connectivity index (χ4v) is 3.32. The molecule has 0 amide bonds. The highest BCUT2D eigenvalue weighted by Gasteiger charge is 2.40. The highest BCUT2D eigenvalue weighted by Crippen LogP contribution is 2.26. The third-order valence-electron chi connectivity index (χ3n) is 4.73. The normalized spacial score (nSPS) is 24.9. The highest BCUT2D eigenvalue weighted by atomic mass is 16.7. The van der Waals surface area contributed by atoms with Crippen molar-refractivity contribution >= 4 is 0 Å². The Balaban J connectivity index is 2.02. The number of unbranched alkanes of at least 4 members (excludes halogenated alkanes) is 8. The Kier molecular flexibility index (Phi) is 11.9. The molecule has 0 spiro atoms. The van der Waals surface area contributed by atoms with Crippen molar-refractivity contribution in [1.82, 2.24) is 5.32 Å². The Morgan fingerprint density at radius 2 is 1.65 bits per heavy atom. The average molecular weight is 376 g/mol. The summed E-state index contributed by atoms with van der Waals surface area (Å²) in [6.07, 6.45) is 8.93. The fraction of sp³-hybridized carbons (Fsp3) is 1.00. The molecule has 156 valence electrons. The first kappa shape index (κ1) is 23.8. The number of aliphatic hydroxyl groups is 3. The van der Waals surface area contributed by atoms with Crippen molar-refractivity contribution in [2.24, 2.45) is 0 Å². The lowest BCUT2D eigenvalue weighted by molar-refractivity contribution is -0.273. The first-order valence-electron chi connectivity index (χ1n) is 10.5. The van der Waals surface area contributed by atoms with Gasteiger partial charge in [0.15, 0.2) is 12.1 Å². The quantitative estimate of drug-likeness (QED) is 0.260. The molecule has 6 nitrogen and oxygen atoms in total. The van der Waals surface area contributed by atoms with Crippen molar-refractivity contribution in [3.8, 4) is 0 Å². The van der Waals surface area contributed by atoms with Gasteiger partial charge < -0.3 is 30.1 Å². The Labute approximate surface area is 159 Å². The van der Waals surface area contributed by atoms with Gasteiger partial charge in [0.25, 0.3) is 0 Å². The van der Waals surface area contributed by atoms with Gasteiger partial charge in [-0.1, -0.05) is 58.3 Å². The van der Waals surface area contributed by atoms with E-state index >= 15 is 0 Å². The van der Waals surface area contributed by atoms with Crippen molar-refractivity contribution in [3.63, 3.8) is 0 Å². The van der Waals surface area contributed by atoms with E-state index < -0.39 is 30.4 Å². The van der Waals surface area contributed by atoms with Crippen LogP contribution in [0.1, 0.15) is 85.0 Å². The lowest BCUT2D eigenvalue weighted by Crippen LogP contribution is -2.42. The number of nitrogens with one attached hydrogen (secondary N) is 1. The molecule has 0 aliphatic carbocycles. The van der Waals surface area contributed by atoms with Gasteiger partial charge in [0.2, 0.25) is 0 Å². The van der Waals surface area contributed by atoms with Crippen molar-refractivity contribution in [1.29, 1.82) is 0 Å². The molecule has 0 aromatic heterocycles. The van der Waals surface area contributed by atoms with Crippen LogP contribution in [-0.4, -0.2) is 58.8 Å². The molecule has 4 atom stereocenters. The number of ether oxygens (including phenoxy) is 2. The molecule has 6 heteroatoms. The third kappa shape index (κ3) is 10.8. The molecule has 1 aliphatic heterocycles. The van der Waals surface area contributed by atoms with Gasteiger partial charge in [-0.15, -0.1) is 0 Å². The largest absolute Gasteiger partial charge is 0.390 e. The Bertz CT molecular complexity index is 348. The molecule has 0 bridgehead atoms. The molecule has 1 saturated heterocycles. The minimum absolute atomic E-state index is 0.254. The Hall–Kier alpha value is -0.240. The van der Waals surface area contributed by atoms with E-state index in [4.69, 9.17) is 9.47 Å². The monoisotopic (exact) mass is 375 g/mol. The zero-order valence-electron chi connectivity index (χ0n) is 17.0. The van der Waals surface area contributed by atoms with Crippen LogP contribution in [0.2, 0.25) is 0 Å². The van der Waals surface area contributed by atoms with E-state index in [-0.39, 0.29) is 6.42 Å². The molecule has 1 rings (SSSR count). The smallest absolute Gasteiger partial charge is 0.164 e. The van der Waals surface area contributed by atoms with Crippen molar-refractivity contribution in [2.45, 2.75) is 115 Å². The summed E-state index contributed by atoms with van der Waals surface area (Å²) in [6, 6.07) is 0. The molecule has 1 aliphatic rings. The van der Waals surface area contributed by atoms with Crippen LogP contribution in [0, 0.1) is 0 Å². The Morgan fingerprint density at radius 1 is 1.08 bits per heavy atom. The minimum atomic E-state index is -1.32. The van der Waals surface area contributed by atoms with E-state index in [1.54, 1.807) is 0 Å². The van der Waals surface area contributed by atoms with E-state index in [0.29, 0.717) is 6.54 Å². The van der Waals surface area contributed by atoms with Gasteiger partial charge in [0.1, 0.15) is 6.10 Å². The number of rotatable bonds is 15. The van der Waals surface area contributed by atoms with E-state index in [1.807, 2.05) is 0 Å². The predicted octanol–water partition coefficient (Wildman–Crippen LogP) is 2.69. The molecular weight excluding hydrogens is 334 g/mol. The molecule has 1 fully saturated rings. The van der Waals surface area contributed by atoms with Crippen LogP contribution in [0.3, 0.4) is 0 Å². The molecule has 1 unspecified atom stereocenters. The highest BCUT2D eigenvalue weighted by molar-refractivity contribution is 4.85. The standard InChI is InChI=1S/C20H41NO5/c1-4-5-6-7-8-9-10-11-12-13-21-15-17(23)19-16(22)14-18(25-19)26-20(2,3)24/h16-19,21-24H,4-15H2,1-3H3/t16-,17-,18-,19?/m1/s1. The summed E-state index contributed by atoms with van der Waals surface area (Å²) in [5.41, 5.74) is 0. The summed E-state index contributed by atoms with van der Waals surface area (Å²) in [7, 11) is 0. The Morgan fingerprint density at radius 3 is 2.23 bits per heavy atom. The third-order valence-corrected chi connectivity index (χ3v) is 4.73. The molecule has 0 saturated carbocycles. The molecule has 0 aromatic rings. The van der Waals surface area contributed by atoms with Gasteiger partial charge in [0.05, 0.1) is 12.2 Å². The zero-order valence-corrected chi connectivity index (χ0v) is 17.0. The van der Waals surface area contributed by atoms with Crippen LogP contribution < -0.4 is 5.32 Å².